The summed E-state index contributed by atoms with van der Waals surface area (Å²) in [5.74, 6) is 0.968. The molecule has 0 radical (unpaired) electrons. The molecule has 0 heterocycles. The van der Waals surface area contributed by atoms with Crippen molar-refractivity contribution in [2.75, 3.05) is 0 Å². The van der Waals surface area contributed by atoms with Crippen LogP contribution in [0.25, 0.3) is 0 Å². The van der Waals surface area contributed by atoms with Gasteiger partial charge in [-0.15, -0.1) is 11.6 Å². The molecule has 102 valence electrons. The topological polar surface area (TPSA) is 33.0 Å². The van der Waals surface area contributed by atoms with Crippen LogP contribution < -0.4 is 4.74 Å². The van der Waals surface area contributed by atoms with E-state index >= 15 is 0 Å². The van der Waals surface area contributed by atoms with Crippen LogP contribution in [-0.4, -0.2) is 0 Å². The number of halogens is 2. The summed E-state index contributed by atoms with van der Waals surface area (Å²) < 4.78 is 5.80. The average molecular weight is 306 g/mol. The van der Waals surface area contributed by atoms with Gasteiger partial charge in [-0.05, 0) is 36.2 Å². The van der Waals surface area contributed by atoms with E-state index in [4.69, 9.17) is 33.2 Å². The Balaban J connectivity index is 2.19. The summed E-state index contributed by atoms with van der Waals surface area (Å²) in [5, 5.41) is 9.40. The van der Waals surface area contributed by atoms with Crippen LogP contribution >= 0.6 is 23.2 Å². The van der Waals surface area contributed by atoms with Crippen LogP contribution in [-0.2, 0) is 12.5 Å². The van der Waals surface area contributed by atoms with Crippen LogP contribution in [0.5, 0.6) is 5.75 Å². The summed E-state index contributed by atoms with van der Waals surface area (Å²) in [6, 6.07) is 13.1. The van der Waals surface area contributed by atoms with Gasteiger partial charge in [0.1, 0.15) is 12.4 Å². The maximum atomic E-state index is 8.85. The fraction of sp³-hybridized carbons (Fsp3) is 0.188. The maximum absolute atomic E-state index is 8.85. The molecule has 20 heavy (non-hydrogen) atoms. The van der Waals surface area contributed by atoms with Gasteiger partial charge in [-0.25, -0.2) is 0 Å². The van der Waals surface area contributed by atoms with E-state index < -0.39 is 0 Å². The predicted molar refractivity (Wildman–Crippen MR) is 81.2 cm³/mol. The Morgan fingerprint density at radius 3 is 2.65 bits per heavy atom. The lowest BCUT2D eigenvalue weighted by Gasteiger charge is -2.13. The lowest BCUT2D eigenvalue weighted by molar-refractivity contribution is 0.303. The fourth-order valence-corrected chi connectivity index (χ4v) is 2.36. The SMILES string of the molecule is Cc1cc(C#N)ccc1COc1c(Cl)cccc1CCl. The number of hydrogen-bond acceptors (Lipinski definition) is 2. The van der Waals surface area contributed by atoms with E-state index in [2.05, 4.69) is 6.07 Å². The molecule has 2 aromatic carbocycles. The molecule has 4 heteroatoms. The first kappa shape index (κ1) is 14.7. The third kappa shape index (κ3) is 3.25. The van der Waals surface area contributed by atoms with Gasteiger partial charge < -0.3 is 4.74 Å². The Kier molecular flexibility index (Phi) is 4.89. The maximum Gasteiger partial charge on any atom is 0.142 e. The third-order valence-corrected chi connectivity index (χ3v) is 3.62. The molecule has 0 aliphatic carbocycles. The van der Waals surface area contributed by atoms with Crippen molar-refractivity contribution in [3.05, 3.63) is 63.7 Å². The molecule has 0 saturated carbocycles. The summed E-state index contributed by atoms with van der Waals surface area (Å²) in [5.41, 5.74) is 3.55. The Morgan fingerprint density at radius 2 is 2.00 bits per heavy atom. The quantitative estimate of drug-likeness (QED) is 0.757. The number of hydrogen-bond donors (Lipinski definition) is 0. The highest BCUT2D eigenvalue weighted by Crippen LogP contribution is 2.30. The average Bonchev–Trinajstić information content (AvgIpc) is 2.46. The van der Waals surface area contributed by atoms with Crippen LogP contribution in [0.15, 0.2) is 36.4 Å². The zero-order valence-corrected chi connectivity index (χ0v) is 12.5. The summed E-state index contributed by atoms with van der Waals surface area (Å²) >= 11 is 12.0. The molecule has 2 rings (SSSR count). The lowest BCUT2D eigenvalue weighted by Crippen LogP contribution is -2.00. The third-order valence-electron chi connectivity index (χ3n) is 3.04. The smallest absolute Gasteiger partial charge is 0.142 e. The van der Waals surface area contributed by atoms with E-state index in [0.29, 0.717) is 28.8 Å². The number of nitriles is 1. The second-order valence-electron chi connectivity index (χ2n) is 4.40. The van der Waals surface area contributed by atoms with Crippen molar-refractivity contribution in [3.8, 4) is 11.8 Å². The number of benzene rings is 2. The van der Waals surface area contributed by atoms with Gasteiger partial charge in [0.2, 0.25) is 0 Å². The highest BCUT2D eigenvalue weighted by atomic mass is 35.5. The molecule has 0 saturated heterocycles. The first-order valence-electron chi connectivity index (χ1n) is 6.11. The molecule has 0 fully saturated rings. The van der Waals surface area contributed by atoms with Crippen molar-refractivity contribution in [1.29, 1.82) is 5.26 Å². The summed E-state index contributed by atoms with van der Waals surface area (Å²) in [4.78, 5) is 0. The number of para-hydroxylation sites is 1. The molecule has 0 aliphatic heterocycles. The normalized spacial score (nSPS) is 10.1. The van der Waals surface area contributed by atoms with Crippen LogP contribution in [0.3, 0.4) is 0 Å². The molecule has 0 spiro atoms. The van der Waals surface area contributed by atoms with Crippen molar-refractivity contribution in [2.24, 2.45) is 0 Å². The first-order valence-corrected chi connectivity index (χ1v) is 7.02. The van der Waals surface area contributed by atoms with E-state index in [-0.39, 0.29) is 0 Å². The number of aryl methyl sites for hydroxylation is 1. The minimum absolute atomic E-state index is 0.349. The monoisotopic (exact) mass is 305 g/mol. The van der Waals surface area contributed by atoms with E-state index in [1.807, 2.05) is 31.2 Å². The minimum atomic E-state index is 0.349. The Labute approximate surface area is 128 Å². The van der Waals surface area contributed by atoms with Crippen LogP contribution in [0.1, 0.15) is 22.3 Å². The van der Waals surface area contributed by atoms with E-state index in [9.17, 15) is 0 Å². The van der Waals surface area contributed by atoms with E-state index in [1.165, 1.54) is 0 Å². The van der Waals surface area contributed by atoms with Gasteiger partial charge in [0.15, 0.2) is 0 Å². The summed E-state index contributed by atoms with van der Waals surface area (Å²) in [6.45, 7) is 2.35. The zero-order chi connectivity index (χ0) is 14.5. The molecule has 0 bridgehead atoms. The number of alkyl halides is 1. The van der Waals surface area contributed by atoms with Gasteiger partial charge in [-0.1, -0.05) is 29.8 Å². The second-order valence-corrected chi connectivity index (χ2v) is 5.08. The number of nitrogens with zero attached hydrogens (tertiary/aromatic N) is 1. The number of ether oxygens (including phenoxy) is 1. The second kappa shape index (κ2) is 6.65. The van der Waals surface area contributed by atoms with Gasteiger partial charge in [0, 0.05) is 5.56 Å². The Bertz CT molecular complexity index is 662. The van der Waals surface area contributed by atoms with Crippen molar-refractivity contribution in [2.45, 2.75) is 19.4 Å². The molecule has 0 N–H and O–H groups in total. The molecular formula is C16H13Cl2NO. The molecule has 2 aromatic rings. The van der Waals surface area contributed by atoms with Crippen LogP contribution in [0, 0.1) is 18.3 Å². The highest BCUT2D eigenvalue weighted by molar-refractivity contribution is 6.32. The largest absolute Gasteiger partial charge is 0.487 e. The van der Waals surface area contributed by atoms with Crippen molar-refractivity contribution in [1.82, 2.24) is 0 Å². The molecule has 0 amide bonds. The molecule has 2 nitrogen and oxygen atoms in total. The van der Waals surface area contributed by atoms with Crippen molar-refractivity contribution >= 4 is 23.2 Å². The van der Waals surface area contributed by atoms with E-state index in [1.54, 1.807) is 12.1 Å². The Hall–Kier alpha value is -1.69. The standard InChI is InChI=1S/C16H13Cl2NO/c1-11-7-12(9-19)5-6-14(11)10-20-16-13(8-17)3-2-4-15(16)18/h2-7H,8,10H2,1H3. The van der Waals surface area contributed by atoms with Crippen molar-refractivity contribution < 1.29 is 4.74 Å². The molecule has 0 aromatic heterocycles. The molecular weight excluding hydrogens is 293 g/mol. The Morgan fingerprint density at radius 1 is 1.20 bits per heavy atom. The fourth-order valence-electron chi connectivity index (χ4n) is 1.90. The minimum Gasteiger partial charge on any atom is -0.487 e. The van der Waals surface area contributed by atoms with Gasteiger partial charge in [-0.2, -0.15) is 5.26 Å². The zero-order valence-electron chi connectivity index (χ0n) is 11.0. The molecule has 0 unspecified atom stereocenters. The van der Waals surface area contributed by atoms with Gasteiger partial charge >= 0.3 is 0 Å². The van der Waals surface area contributed by atoms with Crippen LogP contribution in [0.4, 0.5) is 0 Å². The van der Waals surface area contributed by atoms with Gasteiger partial charge in [-0.3, -0.25) is 0 Å². The predicted octanol–water partition coefficient (Wildman–Crippen LogP) is 4.84. The summed E-state index contributed by atoms with van der Waals surface area (Å²) in [6.07, 6.45) is 0. The van der Waals surface area contributed by atoms with Gasteiger partial charge in [0.25, 0.3) is 0 Å². The van der Waals surface area contributed by atoms with Gasteiger partial charge in [0.05, 0.1) is 22.5 Å². The molecule has 0 aliphatic rings. The van der Waals surface area contributed by atoms with Crippen molar-refractivity contribution in [3.63, 3.8) is 0 Å². The van der Waals surface area contributed by atoms with Crippen LogP contribution in [0.2, 0.25) is 5.02 Å². The highest BCUT2D eigenvalue weighted by Gasteiger charge is 2.09. The lowest BCUT2D eigenvalue weighted by atomic mass is 10.1. The summed E-state index contributed by atoms with van der Waals surface area (Å²) in [7, 11) is 0. The first-order chi connectivity index (χ1) is 9.65. The van der Waals surface area contributed by atoms with E-state index in [0.717, 1.165) is 16.7 Å². The number of rotatable bonds is 4. The molecule has 0 atom stereocenters.